The van der Waals surface area contributed by atoms with Crippen LogP contribution in [0.15, 0.2) is 19.8 Å². The molecule has 0 aliphatic carbocycles. The van der Waals surface area contributed by atoms with Crippen molar-refractivity contribution >= 4 is 23.7 Å². The van der Waals surface area contributed by atoms with Crippen molar-refractivity contribution in [2.24, 2.45) is 0 Å². The molecule has 1 heterocycles. The van der Waals surface area contributed by atoms with Crippen LogP contribution < -0.4 is 0 Å². The molecule has 1 rings (SSSR count). The summed E-state index contributed by atoms with van der Waals surface area (Å²) < 4.78 is 2.69. The van der Waals surface area contributed by atoms with Crippen molar-refractivity contribution in [1.82, 2.24) is 0 Å². The molecule has 1 aliphatic rings. The van der Waals surface area contributed by atoms with Crippen molar-refractivity contribution in [3.63, 3.8) is 0 Å². The van der Waals surface area contributed by atoms with Crippen LogP contribution in [-0.2, 0) is 0 Å². The molecule has 0 bridgehead atoms. The van der Waals surface area contributed by atoms with E-state index in [0.29, 0.717) is 0 Å². The number of carbonyl (C=O) groups is 1. The Bertz CT molecular complexity index is 231. The zero-order valence-electron chi connectivity index (χ0n) is 7.29. The van der Waals surface area contributed by atoms with Crippen LogP contribution in [-0.4, -0.2) is 28.9 Å². The molecule has 0 spiro atoms. The Morgan fingerprint density at radius 2 is 2.42 bits per heavy atom. The second kappa shape index (κ2) is 4.70. The van der Waals surface area contributed by atoms with Crippen LogP contribution in [0.4, 0.5) is 4.79 Å². The Balaban J connectivity index is 2.49. The quantitative estimate of drug-likeness (QED) is 0.797. The monoisotopic (exact) mass is 274 g/mol. The molecule has 2 nitrogen and oxygen atoms in total. The van der Waals surface area contributed by atoms with Crippen LogP contribution in [0.3, 0.4) is 0 Å². The predicted molar refractivity (Wildman–Crippen MR) is 51.9 cm³/mol. The topological polar surface area (TPSA) is 37.3 Å². The average molecular weight is 273 g/mol. The zero-order chi connectivity index (χ0) is 8.97. The fraction of sp³-hybridized carbons (Fsp3) is 0.444. The first-order valence-corrected chi connectivity index (χ1v) is 9.55. The van der Waals surface area contributed by atoms with Crippen LogP contribution in [0.2, 0.25) is 0 Å². The fourth-order valence-corrected chi connectivity index (χ4v) is 6.79. The number of allylic oxidation sites excluding steroid dienone is 3. The molecule has 0 amide bonds. The van der Waals surface area contributed by atoms with Gasteiger partial charge in [0.25, 0.3) is 0 Å². The Morgan fingerprint density at radius 3 is 3.00 bits per heavy atom. The summed E-state index contributed by atoms with van der Waals surface area (Å²) in [5.41, 5.74) is 0. The summed E-state index contributed by atoms with van der Waals surface area (Å²) in [6, 6.07) is 0. The molecule has 0 fully saturated rings. The molecule has 0 radical (unpaired) electrons. The van der Waals surface area contributed by atoms with Crippen molar-refractivity contribution in [1.29, 1.82) is 0 Å². The van der Waals surface area contributed by atoms with Gasteiger partial charge in [0.05, 0.1) is 0 Å². The third-order valence-electron chi connectivity index (χ3n) is 2.10. The van der Waals surface area contributed by atoms with Crippen molar-refractivity contribution in [3.05, 3.63) is 19.8 Å². The standard InChI is InChI=1S/C8H12.CHO2.Sn.H/c1-3-5-7-8-6-4-2;2-1-3;;/h1,3,5H,4,6,8H2,2H3;(H,2,3);;. The van der Waals surface area contributed by atoms with Crippen molar-refractivity contribution in [2.75, 3.05) is 0 Å². The second-order valence-corrected chi connectivity index (χ2v) is 10.4. The molecule has 3 heteroatoms. The third-order valence-corrected chi connectivity index (χ3v) is 9.00. The van der Waals surface area contributed by atoms with Gasteiger partial charge in [-0.05, 0) is 0 Å². The van der Waals surface area contributed by atoms with Crippen LogP contribution in [0.5, 0.6) is 0 Å². The average Bonchev–Trinajstić information content (AvgIpc) is 2.48. The van der Waals surface area contributed by atoms with Crippen LogP contribution >= 0.6 is 0 Å². The molecule has 12 heavy (non-hydrogen) atoms. The van der Waals surface area contributed by atoms with Crippen LogP contribution in [0, 0.1) is 0 Å². The van der Waals surface area contributed by atoms with Gasteiger partial charge in [0.2, 0.25) is 0 Å². The minimum atomic E-state index is -2.40. The summed E-state index contributed by atoms with van der Waals surface area (Å²) in [6.07, 6.45) is 7.24. The van der Waals surface area contributed by atoms with Crippen LogP contribution in [0.1, 0.15) is 26.2 Å². The van der Waals surface area contributed by atoms with E-state index in [0.717, 1.165) is 19.3 Å². The second-order valence-electron chi connectivity index (χ2n) is 3.05. The summed E-state index contributed by atoms with van der Waals surface area (Å²) in [5.74, 6) is 0. The van der Waals surface area contributed by atoms with Gasteiger partial charge in [0, 0.05) is 0 Å². The molecule has 1 atom stereocenters. The van der Waals surface area contributed by atoms with Gasteiger partial charge in [-0.2, -0.15) is 0 Å². The van der Waals surface area contributed by atoms with E-state index < -0.39 is 23.7 Å². The maximum atomic E-state index is 10.8. The molecule has 0 aromatic rings. The van der Waals surface area contributed by atoms with Gasteiger partial charge in [-0.15, -0.1) is 0 Å². The molecule has 66 valence electrons. The first-order valence-electron chi connectivity index (χ1n) is 4.35. The number of rotatable bonds is 4. The molecule has 1 unspecified atom stereocenters. The predicted octanol–water partition coefficient (Wildman–Crippen LogP) is 2.24. The number of hydrogen-bond donors (Lipinski definition) is 1. The minimum absolute atomic E-state index is 0.520. The number of unbranched alkanes of at least 4 members (excludes halogenated alkanes) is 1. The number of carboxylic acid groups (broad SMARTS) is 1. The van der Waals surface area contributed by atoms with Gasteiger partial charge in [0.15, 0.2) is 0 Å². The molecule has 1 N–H and O–H groups in total. The Labute approximate surface area is 79.7 Å². The van der Waals surface area contributed by atoms with E-state index in [1.807, 2.05) is 16.2 Å². The summed E-state index contributed by atoms with van der Waals surface area (Å²) in [7, 11) is 0. The van der Waals surface area contributed by atoms with Gasteiger partial charge < -0.3 is 0 Å². The van der Waals surface area contributed by atoms with E-state index in [9.17, 15) is 4.79 Å². The van der Waals surface area contributed by atoms with Gasteiger partial charge in [-0.25, -0.2) is 0 Å². The Hall–Kier alpha value is -0.251. The van der Waals surface area contributed by atoms with Gasteiger partial charge in [-0.3, -0.25) is 0 Å². The third kappa shape index (κ3) is 2.37. The SMILES string of the molecule is CCCC[C]1=CC=[CH][SnH]1[C](=O)O. The summed E-state index contributed by atoms with van der Waals surface area (Å²) in [4.78, 5) is 10.8. The molecule has 1 aliphatic heterocycles. The van der Waals surface area contributed by atoms with Crippen LogP contribution in [0.25, 0.3) is 0 Å². The van der Waals surface area contributed by atoms with E-state index in [1.165, 1.54) is 3.59 Å². The molecule has 0 saturated carbocycles. The summed E-state index contributed by atoms with van der Waals surface area (Å²) >= 11 is -2.40. The van der Waals surface area contributed by atoms with Crippen molar-refractivity contribution in [3.8, 4) is 0 Å². The zero-order valence-corrected chi connectivity index (χ0v) is 10.6. The van der Waals surface area contributed by atoms with E-state index in [1.54, 1.807) is 0 Å². The first-order chi connectivity index (χ1) is 5.75. The molecule has 0 saturated heterocycles. The van der Waals surface area contributed by atoms with Crippen molar-refractivity contribution < 1.29 is 9.90 Å². The van der Waals surface area contributed by atoms with E-state index in [2.05, 4.69) is 6.92 Å². The van der Waals surface area contributed by atoms with E-state index in [4.69, 9.17) is 5.11 Å². The van der Waals surface area contributed by atoms with Gasteiger partial charge in [0.1, 0.15) is 0 Å². The Morgan fingerprint density at radius 1 is 1.67 bits per heavy atom. The summed E-state index contributed by atoms with van der Waals surface area (Å²) in [5, 5.41) is 8.88. The maximum absolute atomic E-state index is 10.8. The molecular weight excluding hydrogens is 259 g/mol. The van der Waals surface area contributed by atoms with Gasteiger partial charge >= 0.3 is 79.7 Å². The van der Waals surface area contributed by atoms with Gasteiger partial charge in [-0.1, -0.05) is 0 Å². The Kier molecular flexibility index (Phi) is 3.85. The molecular formula is C9H14O2Sn. The first kappa shape index (κ1) is 9.83. The summed E-state index contributed by atoms with van der Waals surface area (Å²) in [6.45, 7) is 2.13. The van der Waals surface area contributed by atoms with Crippen molar-refractivity contribution in [2.45, 2.75) is 26.2 Å². The fourth-order valence-electron chi connectivity index (χ4n) is 1.38. The normalized spacial score (nSPS) is 21.1. The molecule has 0 aromatic carbocycles. The van der Waals surface area contributed by atoms with E-state index >= 15 is 0 Å². The van der Waals surface area contributed by atoms with E-state index in [-0.39, 0.29) is 0 Å². The number of hydrogen-bond acceptors (Lipinski definition) is 1. The molecule has 0 aromatic heterocycles.